The summed E-state index contributed by atoms with van der Waals surface area (Å²) in [5, 5.41) is 5.94. The van der Waals surface area contributed by atoms with Crippen LogP contribution in [0.15, 0.2) is 48.7 Å². The van der Waals surface area contributed by atoms with E-state index in [4.69, 9.17) is 4.74 Å². The number of amides is 2. The minimum Gasteiger partial charge on any atom is -0.497 e. The van der Waals surface area contributed by atoms with Crippen LogP contribution in [0.2, 0.25) is 0 Å². The van der Waals surface area contributed by atoms with Crippen molar-refractivity contribution in [2.45, 2.75) is 19.3 Å². The lowest BCUT2D eigenvalue weighted by molar-refractivity contribution is 0.237. The standard InChI is InChI=1S/C21H28N4O2/c1-27-19-7-5-17(6-8-19)9-13-23-21(26)24-16-18-10-14-25(15-11-18)20-4-2-3-12-22-20/h2-8,12,18H,9-11,13-16H2,1H3,(H2,23,24,26). The molecule has 2 N–H and O–H groups in total. The third-order valence-electron chi connectivity index (χ3n) is 5.00. The van der Waals surface area contributed by atoms with Crippen LogP contribution in [0.1, 0.15) is 18.4 Å². The molecule has 1 fully saturated rings. The Kier molecular flexibility index (Phi) is 6.90. The van der Waals surface area contributed by atoms with Gasteiger partial charge in [-0.2, -0.15) is 0 Å². The van der Waals surface area contributed by atoms with E-state index in [9.17, 15) is 4.79 Å². The van der Waals surface area contributed by atoms with E-state index in [-0.39, 0.29) is 6.03 Å². The highest BCUT2D eigenvalue weighted by Gasteiger charge is 2.20. The van der Waals surface area contributed by atoms with Crippen molar-refractivity contribution in [1.29, 1.82) is 0 Å². The Bertz CT molecular complexity index is 698. The smallest absolute Gasteiger partial charge is 0.314 e. The molecule has 0 bridgehead atoms. The first-order valence-corrected chi connectivity index (χ1v) is 9.55. The Morgan fingerprint density at radius 1 is 1.15 bits per heavy atom. The van der Waals surface area contributed by atoms with Crippen molar-refractivity contribution in [3.63, 3.8) is 0 Å². The summed E-state index contributed by atoms with van der Waals surface area (Å²) in [6, 6.07) is 13.8. The summed E-state index contributed by atoms with van der Waals surface area (Å²) in [4.78, 5) is 18.7. The van der Waals surface area contributed by atoms with Crippen molar-refractivity contribution in [1.82, 2.24) is 15.6 Å². The summed E-state index contributed by atoms with van der Waals surface area (Å²) < 4.78 is 5.15. The molecular formula is C21H28N4O2. The van der Waals surface area contributed by atoms with Crippen LogP contribution in [0.25, 0.3) is 0 Å². The van der Waals surface area contributed by atoms with E-state index in [1.54, 1.807) is 7.11 Å². The molecule has 6 heteroatoms. The Morgan fingerprint density at radius 2 is 1.93 bits per heavy atom. The summed E-state index contributed by atoms with van der Waals surface area (Å²) in [5.74, 6) is 2.41. The fourth-order valence-corrected chi connectivity index (χ4v) is 3.32. The molecule has 2 heterocycles. The van der Waals surface area contributed by atoms with E-state index < -0.39 is 0 Å². The zero-order chi connectivity index (χ0) is 18.9. The van der Waals surface area contributed by atoms with Crippen molar-refractivity contribution < 1.29 is 9.53 Å². The number of urea groups is 1. The molecule has 27 heavy (non-hydrogen) atoms. The predicted molar refractivity (Wildman–Crippen MR) is 107 cm³/mol. The van der Waals surface area contributed by atoms with Gasteiger partial charge in [0.15, 0.2) is 0 Å². The van der Waals surface area contributed by atoms with Gasteiger partial charge in [-0.3, -0.25) is 0 Å². The van der Waals surface area contributed by atoms with Crippen LogP contribution in [0.4, 0.5) is 10.6 Å². The van der Waals surface area contributed by atoms with Crippen LogP contribution in [0, 0.1) is 5.92 Å². The van der Waals surface area contributed by atoms with Crippen LogP contribution in [-0.4, -0.2) is 44.3 Å². The quantitative estimate of drug-likeness (QED) is 0.789. The SMILES string of the molecule is COc1ccc(CCNC(=O)NCC2CCN(c3ccccn3)CC2)cc1. The van der Waals surface area contributed by atoms with E-state index >= 15 is 0 Å². The van der Waals surface area contributed by atoms with Crippen molar-refractivity contribution in [3.8, 4) is 5.75 Å². The number of anilines is 1. The summed E-state index contributed by atoms with van der Waals surface area (Å²) >= 11 is 0. The normalized spacial score (nSPS) is 14.6. The molecule has 0 spiro atoms. The van der Waals surface area contributed by atoms with E-state index in [0.717, 1.165) is 50.5 Å². The summed E-state index contributed by atoms with van der Waals surface area (Å²) in [7, 11) is 1.66. The number of carbonyl (C=O) groups excluding carboxylic acids is 1. The molecule has 0 aliphatic carbocycles. The fourth-order valence-electron chi connectivity index (χ4n) is 3.32. The molecule has 0 radical (unpaired) electrons. The number of ether oxygens (including phenoxy) is 1. The number of benzene rings is 1. The molecule has 1 aromatic carbocycles. The van der Waals surface area contributed by atoms with Crippen molar-refractivity contribution in [2.24, 2.45) is 5.92 Å². The lowest BCUT2D eigenvalue weighted by Crippen LogP contribution is -2.42. The zero-order valence-corrected chi connectivity index (χ0v) is 15.9. The average molecular weight is 368 g/mol. The Labute approximate surface area is 160 Å². The van der Waals surface area contributed by atoms with Gasteiger partial charge in [0.05, 0.1) is 7.11 Å². The molecule has 1 aliphatic rings. The van der Waals surface area contributed by atoms with Crippen LogP contribution >= 0.6 is 0 Å². The monoisotopic (exact) mass is 368 g/mol. The molecule has 1 aromatic heterocycles. The van der Waals surface area contributed by atoms with Crippen molar-refractivity contribution in [2.75, 3.05) is 38.2 Å². The Morgan fingerprint density at radius 3 is 2.59 bits per heavy atom. The van der Waals surface area contributed by atoms with Gasteiger partial charge in [-0.05, 0) is 55.0 Å². The first-order chi connectivity index (χ1) is 13.2. The van der Waals surface area contributed by atoms with Gasteiger partial charge < -0.3 is 20.3 Å². The number of methoxy groups -OCH3 is 1. The van der Waals surface area contributed by atoms with Gasteiger partial charge in [0, 0.05) is 32.4 Å². The second-order valence-electron chi connectivity index (χ2n) is 6.85. The van der Waals surface area contributed by atoms with E-state index in [2.05, 4.69) is 26.6 Å². The molecule has 1 saturated heterocycles. The minimum absolute atomic E-state index is 0.0873. The molecule has 2 amide bonds. The van der Waals surface area contributed by atoms with Gasteiger partial charge in [-0.15, -0.1) is 0 Å². The van der Waals surface area contributed by atoms with E-state index in [1.165, 1.54) is 5.56 Å². The van der Waals surface area contributed by atoms with Crippen molar-refractivity contribution in [3.05, 3.63) is 54.2 Å². The Hall–Kier alpha value is -2.76. The largest absolute Gasteiger partial charge is 0.497 e. The number of piperidine rings is 1. The number of nitrogens with zero attached hydrogens (tertiary/aromatic N) is 2. The van der Waals surface area contributed by atoms with Gasteiger partial charge in [-0.1, -0.05) is 18.2 Å². The first kappa shape index (κ1) is 19.0. The van der Waals surface area contributed by atoms with Crippen LogP contribution in [0.5, 0.6) is 5.75 Å². The number of rotatable bonds is 7. The summed E-state index contributed by atoms with van der Waals surface area (Å²) in [6.07, 6.45) is 4.78. The van der Waals surface area contributed by atoms with Crippen LogP contribution in [-0.2, 0) is 6.42 Å². The maximum Gasteiger partial charge on any atom is 0.314 e. The zero-order valence-electron chi connectivity index (χ0n) is 15.9. The van der Waals surface area contributed by atoms with Gasteiger partial charge in [-0.25, -0.2) is 9.78 Å². The molecule has 2 aromatic rings. The number of hydrogen-bond acceptors (Lipinski definition) is 4. The highest BCUT2D eigenvalue weighted by Crippen LogP contribution is 2.20. The maximum atomic E-state index is 12.0. The first-order valence-electron chi connectivity index (χ1n) is 9.55. The average Bonchev–Trinajstić information content (AvgIpc) is 2.74. The van der Waals surface area contributed by atoms with Gasteiger partial charge in [0.2, 0.25) is 0 Å². The molecule has 144 valence electrons. The fraction of sp³-hybridized carbons (Fsp3) is 0.429. The van der Waals surface area contributed by atoms with Gasteiger partial charge in [0.25, 0.3) is 0 Å². The summed E-state index contributed by atoms with van der Waals surface area (Å²) in [6.45, 7) is 3.33. The van der Waals surface area contributed by atoms with E-state index in [1.807, 2.05) is 42.6 Å². The molecule has 1 aliphatic heterocycles. The lowest BCUT2D eigenvalue weighted by atomic mass is 9.97. The number of nitrogens with one attached hydrogen (secondary N) is 2. The van der Waals surface area contributed by atoms with Gasteiger partial charge >= 0.3 is 6.03 Å². The Balaban J connectivity index is 1.30. The molecular weight excluding hydrogens is 340 g/mol. The number of aromatic nitrogens is 1. The summed E-state index contributed by atoms with van der Waals surface area (Å²) in [5.41, 5.74) is 1.18. The number of carbonyl (C=O) groups is 1. The molecule has 0 unspecified atom stereocenters. The molecule has 6 nitrogen and oxygen atoms in total. The van der Waals surface area contributed by atoms with Crippen LogP contribution < -0.4 is 20.3 Å². The topological polar surface area (TPSA) is 66.5 Å². The molecule has 0 atom stereocenters. The van der Waals surface area contributed by atoms with Gasteiger partial charge in [0.1, 0.15) is 11.6 Å². The highest BCUT2D eigenvalue weighted by molar-refractivity contribution is 5.73. The van der Waals surface area contributed by atoms with E-state index in [0.29, 0.717) is 12.5 Å². The third-order valence-corrected chi connectivity index (χ3v) is 5.00. The predicted octanol–water partition coefficient (Wildman–Crippen LogP) is 2.85. The minimum atomic E-state index is -0.0873. The van der Waals surface area contributed by atoms with Crippen molar-refractivity contribution >= 4 is 11.8 Å². The lowest BCUT2D eigenvalue weighted by Gasteiger charge is -2.32. The second-order valence-corrected chi connectivity index (χ2v) is 6.85. The second kappa shape index (κ2) is 9.80. The number of pyridine rings is 1. The maximum absolute atomic E-state index is 12.0. The van der Waals surface area contributed by atoms with Crippen LogP contribution in [0.3, 0.4) is 0 Å². The highest BCUT2D eigenvalue weighted by atomic mass is 16.5. The molecule has 0 saturated carbocycles. The third kappa shape index (κ3) is 5.88. The molecule has 3 rings (SSSR count). The number of hydrogen-bond donors (Lipinski definition) is 2.